The van der Waals surface area contributed by atoms with Crippen LogP contribution in [0.3, 0.4) is 0 Å². The lowest BCUT2D eigenvalue weighted by molar-refractivity contribution is -0.285. The summed E-state index contributed by atoms with van der Waals surface area (Å²) in [4.78, 5) is 0. The Morgan fingerprint density at radius 3 is 2.36 bits per heavy atom. The molecule has 1 spiro atoms. The molecule has 0 amide bonds. The third kappa shape index (κ3) is 1.28. The van der Waals surface area contributed by atoms with Gasteiger partial charge in [0.25, 0.3) is 0 Å². The van der Waals surface area contributed by atoms with Gasteiger partial charge in [0, 0.05) is 6.54 Å². The van der Waals surface area contributed by atoms with Gasteiger partial charge in [-0.3, -0.25) is 5.32 Å². The predicted molar refractivity (Wildman–Crippen MR) is 41.3 cm³/mol. The molecule has 3 heteroatoms. The van der Waals surface area contributed by atoms with Crippen molar-refractivity contribution in [1.82, 2.24) is 5.32 Å². The first-order chi connectivity index (χ1) is 5.12. The molecule has 0 aliphatic carbocycles. The zero-order valence-corrected chi connectivity index (χ0v) is 7.14. The summed E-state index contributed by atoms with van der Waals surface area (Å²) in [6, 6.07) is 0. The van der Waals surface area contributed by atoms with Gasteiger partial charge in [0.2, 0.25) is 0 Å². The van der Waals surface area contributed by atoms with Gasteiger partial charge in [-0.25, -0.2) is 0 Å². The van der Waals surface area contributed by atoms with Crippen molar-refractivity contribution in [2.45, 2.75) is 31.6 Å². The molecule has 1 N–H and O–H groups in total. The summed E-state index contributed by atoms with van der Waals surface area (Å²) in [6.07, 6.45) is 1.08. The Morgan fingerprint density at radius 1 is 1.27 bits per heavy atom. The number of rotatable bonds is 0. The molecule has 0 aromatic heterocycles. The summed E-state index contributed by atoms with van der Waals surface area (Å²) in [5, 5.41) is 3.34. The average molecular weight is 157 g/mol. The Kier molecular flexibility index (Phi) is 1.50. The van der Waals surface area contributed by atoms with Gasteiger partial charge in [-0.1, -0.05) is 0 Å². The topological polar surface area (TPSA) is 30.5 Å². The first-order valence-corrected chi connectivity index (χ1v) is 4.15. The van der Waals surface area contributed by atoms with Crippen LogP contribution in [-0.2, 0) is 9.47 Å². The van der Waals surface area contributed by atoms with E-state index in [9.17, 15) is 0 Å². The van der Waals surface area contributed by atoms with Crippen LogP contribution in [-0.4, -0.2) is 31.1 Å². The minimum Gasteiger partial charge on any atom is -0.372 e. The molecule has 64 valence electrons. The van der Waals surface area contributed by atoms with Crippen LogP contribution in [0.5, 0.6) is 0 Å². The molecule has 2 fully saturated rings. The Labute approximate surface area is 67.1 Å². The molecular formula is C8H15NO2. The molecule has 0 radical (unpaired) electrons. The second kappa shape index (κ2) is 2.19. The van der Waals surface area contributed by atoms with Crippen molar-refractivity contribution in [2.75, 3.05) is 19.8 Å². The molecular weight excluding hydrogens is 142 g/mol. The fourth-order valence-corrected chi connectivity index (χ4v) is 1.66. The fraction of sp³-hybridized carbons (Fsp3) is 1.00. The highest BCUT2D eigenvalue weighted by Crippen LogP contribution is 2.30. The fourth-order valence-electron chi connectivity index (χ4n) is 1.66. The highest BCUT2D eigenvalue weighted by molar-refractivity contribution is 4.92. The van der Waals surface area contributed by atoms with Crippen LogP contribution >= 0.6 is 0 Å². The van der Waals surface area contributed by atoms with Crippen LogP contribution in [0.25, 0.3) is 0 Å². The second-order valence-electron chi connectivity index (χ2n) is 4.03. The molecule has 0 unspecified atom stereocenters. The number of ether oxygens (including phenoxy) is 2. The first-order valence-electron chi connectivity index (χ1n) is 4.15. The highest BCUT2D eigenvalue weighted by atomic mass is 16.6. The van der Waals surface area contributed by atoms with Crippen LogP contribution < -0.4 is 5.32 Å². The van der Waals surface area contributed by atoms with E-state index in [1.54, 1.807) is 0 Å². The van der Waals surface area contributed by atoms with Gasteiger partial charge in [-0.05, 0) is 20.3 Å². The van der Waals surface area contributed by atoms with Crippen LogP contribution in [0.2, 0.25) is 0 Å². The lowest BCUT2D eigenvalue weighted by atomic mass is 9.99. The van der Waals surface area contributed by atoms with Crippen molar-refractivity contribution < 1.29 is 9.47 Å². The Balaban J connectivity index is 2.03. The molecule has 0 bridgehead atoms. The normalized spacial score (nSPS) is 33.3. The molecule has 11 heavy (non-hydrogen) atoms. The van der Waals surface area contributed by atoms with E-state index in [-0.39, 0.29) is 11.3 Å². The molecule has 0 saturated carbocycles. The van der Waals surface area contributed by atoms with E-state index >= 15 is 0 Å². The van der Waals surface area contributed by atoms with Crippen molar-refractivity contribution in [3.63, 3.8) is 0 Å². The molecule has 2 saturated heterocycles. The second-order valence-corrected chi connectivity index (χ2v) is 4.03. The molecule has 2 heterocycles. The average Bonchev–Trinajstić information content (AvgIpc) is 1.82. The lowest BCUT2D eigenvalue weighted by Gasteiger charge is -2.50. The van der Waals surface area contributed by atoms with Crippen LogP contribution in [0.1, 0.15) is 20.3 Å². The zero-order chi connectivity index (χ0) is 7.95. The monoisotopic (exact) mass is 157 g/mol. The van der Waals surface area contributed by atoms with Gasteiger partial charge in [-0.2, -0.15) is 0 Å². The van der Waals surface area contributed by atoms with E-state index in [1.807, 2.05) is 0 Å². The van der Waals surface area contributed by atoms with Gasteiger partial charge in [-0.15, -0.1) is 0 Å². The summed E-state index contributed by atoms with van der Waals surface area (Å²) in [6.45, 7) is 6.71. The van der Waals surface area contributed by atoms with Crippen molar-refractivity contribution >= 4 is 0 Å². The van der Waals surface area contributed by atoms with E-state index < -0.39 is 0 Å². The minimum absolute atomic E-state index is 0.0228. The molecule has 3 nitrogen and oxygen atoms in total. The maximum Gasteiger partial charge on any atom is 0.166 e. The van der Waals surface area contributed by atoms with Gasteiger partial charge in [0.15, 0.2) is 5.72 Å². The van der Waals surface area contributed by atoms with Crippen molar-refractivity contribution in [3.8, 4) is 0 Å². The standard InChI is InChI=1S/C8H15NO2/c1-7(2)3-4-9-8(11-7)5-10-6-8/h9H,3-6H2,1-2H3. The van der Waals surface area contributed by atoms with Crippen LogP contribution in [0, 0.1) is 0 Å². The first kappa shape index (κ1) is 7.53. The third-order valence-corrected chi connectivity index (χ3v) is 2.32. The van der Waals surface area contributed by atoms with Gasteiger partial charge >= 0.3 is 0 Å². The zero-order valence-electron chi connectivity index (χ0n) is 7.14. The summed E-state index contributed by atoms with van der Waals surface area (Å²) in [5.74, 6) is 0. The molecule has 0 atom stereocenters. The molecule has 0 aromatic carbocycles. The molecule has 2 aliphatic heterocycles. The summed E-state index contributed by atoms with van der Waals surface area (Å²) in [7, 11) is 0. The summed E-state index contributed by atoms with van der Waals surface area (Å²) < 4.78 is 11.0. The maximum absolute atomic E-state index is 5.86. The number of hydrogen-bond acceptors (Lipinski definition) is 3. The van der Waals surface area contributed by atoms with E-state index in [4.69, 9.17) is 9.47 Å². The highest BCUT2D eigenvalue weighted by Gasteiger charge is 2.46. The van der Waals surface area contributed by atoms with Crippen molar-refractivity contribution in [1.29, 1.82) is 0 Å². The number of hydrogen-bond donors (Lipinski definition) is 1. The van der Waals surface area contributed by atoms with E-state index in [2.05, 4.69) is 19.2 Å². The third-order valence-electron chi connectivity index (χ3n) is 2.32. The minimum atomic E-state index is -0.137. The summed E-state index contributed by atoms with van der Waals surface area (Å²) >= 11 is 0. The van der Waals surface area contributed by atoms with Crippen LogP contribution in [0.4, 0.5) is 0 Å². The number of nitrogens with one attached hydrogen (secondary N) is 1. The quantitative estimate of drug-likeness (QED) is 0.555. The van der Waals surface area contributed by atoms with Gasteiger partial charge in [0.05, 0.1) is 18.8 Å². The largest absolute Gasteiger partial charge is 0.372 e. The maximum atomic E-state index is 5.86. The Morgan fingerprint density at radius 2 is 2.00 bits per heavy atom. The van der Waals surface area contributed by atoms with Gasteiger partial charge in [0.1, 0.15) is 0 Å². The lowest BCUT2D eigenvalue weighted by Crippen LogP contribution is -2.68. The van der Waals surface area contributed by atoms with Gasteiger partial charge < -0.3 is 9.47 Å². The Bertz CT molecular complexity index is 163. The SMILES string of the molecule is CC1(C)CCNC2(COC2)O1. The molecule has 2 aliphatic rings. The predicted octanol–water partition coefficient (Wildman–Crippen LogP) is 0.501. The van der Waals surface area contributed by atoms with Crippen LogP contribution in [0.15, 0.2) is 0 Å². The van der Waals surface area contributed by atoms with E-state index in [0.29, 0.717) is 13.2 Å². The van der Waals surface area contributed by atoms with Crippen molar-refractivity contribution in [3.05, 3.63) is 0 Å². The van der Waals surface area contributed by atoms with E-state index in [1.165, 1.54) is 0 Å². The van der Waals surface area contributed by atoms with E-state index in [0.717, 1.165) is 13.0 Å². The Hall–Kier alpha value is -0.120. The van der Waals surface area contributed by atoms with Crippen molar-refractivity contribution in [2.24, 2.45) is 0 Å². The smallest absolute Gasteiger partial charge is 0.166 e. The summed E-state index contributed by atoms with van der Waals surface area (Å²) in [5.41, 5.74) is -0.114. The molecule has 0 aromatic rings. The molecule has 2 rings (SSSR count).